The van der Waals surface area contributed by atoms with Crippen molar-refractivity contribution in [2.45, 2.75) is 20.0 Å². The summed E-state index contributed by atoms with van der Waals surface area (Å²) < 4.78 is 5.02. The lowest BCUT2D eigenvalue weighted by molar-refractivity contribution is -0.116. The molecule has 0 radical (unpaired) electrons. The zero-order valence-electron chi connectivity index (χ0n) is 16.8. The van der Waals surface area contributed by atoms with Crippen molar-refractivity contribution >= 4 is 28.1 Å². The van der Waals surface area contributed by atoms with E-state index >= 15 is 0 Å². The molecule has 0 atom stereocenters. The normalized spacial score (nSPS) is 11.3. The van der Waals surface area contributed by atoms with Gasteiger partial charge in [0.05, 0.1) is 35.0 Å². The van der Waals surface area contributed by atoms with Crippen LogP contribution in [0, 0.1) is 6.92 Å². The van der Waals surface area contributed by atoms with Crippen LogP contribution in [0.1, 0.15) is 11.5 Å². The van der Waals surface area contributed by atoms with E-state index in [9.17, 15) is 9.59 Å². The number of aryl methyl sites for hydroxylation is 1. The first kappa shape index (κ1) is 18.7. The van der Waals surface area contributed by atoms with Crippen LogP contribution in [-0.4, -0.2) is 34.6 Å². The molecule has 0 aliphatic rings. The van der Waals surface area contributed by atoms with E-state index in [1.807, 2.05) is 41.1 Å². The number of carbonyl (C=O) groups is 1. The Labute approximate surface area is 176 Å². The van der Waals surface area contributed by atoms with Crippen molar-refractivity contribution in [3.05, 3.63) is 89.1 Å². The summed E-state index contributed by atoms with van der Waals surface area (Å²) in [5.74, 6) is 0.163. The number of benzene rings is 1. The standard InChI is InChI=1S/C22H19N7O2/c1-15-24-19-7-3-2-6-18(19)22(31)29(15)14-21(30)26-16-10-23-28(12-16)13-17-11-27-9-5-4-8-20(27)25-17/h2-12H,13-14H2,1H3,(H,26,30). The Morgan fingerprint density at radius 1 is 1.06 bits per heavy atom. The number of fused-ring (bicyclic) bond motifs is 2. The predicted octanol–water partition coefficient (Wildman–Crippen LogP) is 2.24. The van der Waals surface area contributed by atoms with Gasteiger partial charge in [0.1, 0.15) is 18.0 Å². The van der Waals surface area contributed by atoms with Crippen molar-refractivity contribution in [3.63, 3.8) is 0 Å². The van der Waals surface area contributed by atoms with Crippen LogP contribution in [0.2, 0.25) is 0 Å². The molecule has 9 nitrogen and oxygen atoms in total. The highest BCUT2D eigenvalue weighted by Gasteiger charge is 2.12. The monoisotopic (exact) mass is 413 g/mol. The molecule has 0 spiro atoms. The lowest BCUT2D eigenvalue weighted by Crippen LogP contribution is -2.30. The second kappa shape index (κ2) is 7.52. The molecule has 0 bridgehead atoms. The van der Waals surface area contributed by atoms with Crippen LogP contribution in [-0.2, 0) is 17.9 Å². The zero-order chi connectivity index (χ0) is 21.4. The maximum absolute atomic E-state index is 12.7. The Balaban J connectivity index is 1.30. The molecule has 4 aromatic heterocycles. The number of pyridine rings is 1. The molecule has 31 heavy (non-hydrogen) atoms. The molecule has 1 N–H and O–H groups in total. The summed E-state index contributed by atoms with van der Waals surface area (Å²) in [5, 5.41) is 7.57. The third-order valence-electron chi connectivity index (χ3n) is 5.01. The molecule has 0 unspecified atom stereocenters. The SMILES string of the molecule is Cc1nc2ccccc2c(=O)n1CC(=O)Nc1cnn(Cc2cn3ccccc3n2)c1. The van der Waals surface area contributed by atoms with Crippen LogP contribution in [0.4, 0.5) is 5.69 Å². The molecule has 5 rings (SSSR count). The maximum atomic E-state index is 12.7. The van der Waals surface area contributed by atoms with Gasteiger partial charge < -0.3 is 9.72 Å². The highest BCUT2D eigenvalue weighted by Crippen LogP contribution is 2.11. The van der Waals surface area contributed by atoms with Gasteiger partial charge in [-0.3, -0.25) is 18.8 Å². The van der Waals surface area contributed by atoms with E-state index in [1.165, 1.54) is 4.57 Å². The quantitative estimate of drug-likeness (QED) is 0.476. The highest BCUT2D eigenvalue weighted by atomic mass is 16.2. The Bertz CT molecular complexity index is 1450. The van der Waals surface area contributed by atoms with Crippen LogP contribution in [0.3, 0.4) is 0 Å². The molecule has 1 amide bonds. The van der Waals surface area contributed by atoms with E-state index in [4.69, 9.17) is 0 Å². The maximum Gasteiger partial charge on any atom is 0.261 e. The first-order chi connectivity index (χ1) is 15.1. The number of amides is 1. The van der Waals surface area contributed by atoms with Crippen LogP contribution in [0.15, 0.2) is 72.0 Å². The second-order valence-electron chi connectivity index (χ2n) is 7.24. The molecule has 5 aromatic rings. The smallest absolute Gasteiger partial charge is 0.261 e. The topological polar surface area (TPSA) is 99.1 Å². The van der Waals surface area contributed by atoms with Gasteiger partial charge in [-0.15, -0.1) is 0 Å². The van der Waals surface area contributed by atoms with Crippen molar-refractivity contribution in [1.82, 2.24) is 28.7 Å². The summed E-state index contributed by atoms with van der Waals surface area (Å²) in [6, 6.07) is 12.9. The first-order valence-electron chi connectivity index (χ1n) is 9.78. The van der Waals surface area contributed by atoms with E-state index in [0.29, 0.717) is 29.0 Å². The number of aromatic nitrogens is 6. The molecule has 0 aliphatic heterocycles. The number of nitrogens with zero attached hydrogens (tertiary/aromatic N) is 6. The largest absolute Gasteiger partial charge is 0.322 e. The molecule has 0 fully saturated rings. The fourth-order valence-electron chi connectivity index (χ4n) is 3.55. The lowest BCUT2D eigenvalue weighted by atomic mass is 10.2. The molecule has 9 heteroatoms. The lowest BCUT2D eigenvalue weighted by Gasteiger charge is -2.10. The summed E-state index contributed by atoms with van der Waals surface area (Å²) in [7, 11) is 0. The number of hydrogen-bond donors (Lipinski definition) is 1. The minimum absolute atomic E-state index is 0.125. The molecule has 154 valence electrons. The second-order valence-corrected chi connectivity index (χ2v) is 7.24. The number of rotatable bonds is 5. The average molecular weight is 413 g/mol. The van der Waals surface area contributed by atoms with Crippen LogP contribution in [0.5, 0.6) is 0 Å². The van der Waals surface area contributed by atoms with Gasteiger partial charge in [0, 0.05) is 18.6 Å². The summed E-state index contributed by atoms with van der Waals surface area (Å²) in [4.78, 5) is 34.3. The van der Waals surface area contributed by atoms with Gasteiger partial charge in [-0.2, -0.15) is 5.10 Å². The molecular weight excluding hydrogens is 394 g/mol. The van der Waals surface area contributed by atoms with Crippen molar-refractivity contribution in [1.29, 1.82) is 0 Å². The van der Waals surface area contributed by atoms with Crippen LogP contribution >= 0.6 is 0 Å². The fourth-order valence-corrected chi connectivity index (χ4v) is 3.55. The van der Waals surface area contributed by atoms with Gasteiger partial charge in [-0.1, -0.05) is 18.2 Å². The molecule has 0 aliphatic carbocycles. The number of anilines is 1. The van der Waals surface area contributed by atoms with Crippen molar-refractivity contribution in [2.75, 3.05) is 5.32 Å². The minimum Gasteiger partial charge on any atom is -0.322 e. The Kier molecular flexibility index (Phi) is 4.55. The molecule has 0 saturated heterocycles. The average Bonchev–Trinajstić information content (AvgIpc) is 3.37. The first-order valence-corrected chi connectivity index (χ1v) is 9.78. The fraction of sp³-hybridized carbons (Fsp3) is 0.136. The minimum atomic E-state index is -0.324. The summed E-state index contributed by atoms with van der Waals surface area (Å²) in [6.45, 7) is 2.07. The zero-order valence-corrected chi connectivity index (χ0v) is 16.8. The third kappa shape index (κ3) is 3.68. The van der Waals surface area contributed by atoms with Crippen molar-refractivity contribution in [2.24, 2.45) is 0 Å². The van der Waals surface area contributed by atoms with Gasteiger partial charge in [0.25, 0.3) is 5.56 Å². The van der Waals surface area contributed by atoms with E-state index < -0.39 is 0 Å². The molecule has 4 heterocycles. The summed E-state index contributed by atoms with van der Waals surface area (Å²) in [5.41, 5.74) is 2.66. The van der Waals surface area contributed by atoms with Crippen LogP contribution in [0.25, 0.3) is 16.6 Å². The number of imidazole rings is 1. The third-order valence-corrected chi connectivity index (χ3v) is 5.01. The summed E-state index contributed by atoms with van der Waals surface area (Å²) in [6.07, 6.45) is 7.18. The highest BCUT2D eigenvalue weighted by molar-refractivity contribution is 5.90. The van der Waals surface area contributed by atoms with Gasteiger partial charge in [-0.05, 0) is 31.2 Å². The van der Waals surface area contributed by atoms with Gasteiger partial charge in [0.15, 0.2) is 0 Å². The molecule has 1 aromatic carbocycles. The van der Waals surface area contributed by atoms with Gasteiger partial charge >= 0.3 is 0 Å². The van der Waals surface area contributed by atoms with E-state index in [2.05, 4.69) is 20.4 Å². The number of hydrogen-bond acceptors (Lipinski definition) is 5. The Morgan fingerprint density at radius 3 is 2.77 bits per heavy atom. The van der Waals surface area contributed by atoms with Crippen molar-refractivity contribution in [3.8, 4) is 0 Å². The molecular formula is C22H19N7O2. The van der Waals surface area contributed by atoms with Crippen molar-refractivity contribution < 1.29 is 4.79 Å². The Hall–Kier alpha value is -4.27. The van der Waals surface area contributed by atoms with Crippen LogP contribution < -0.4 is 10.9 Å². The number of para-hydroxylation sites is 1. The number of carbonyl (C=O) groups excluding carboxylic acids is 1. The van der Waals surface area contributed by atoms with Gasteiger partial charge in [-0.25, -0.2) is 9.97 Å². The van der Waals surface area contributed by atoms with Gasteiger partial charge in [0.2, 0.25) is 5.91 Å². The number of nitrogens with one attached hydrogen (secondary N) is 1. The summed E-state index contributed by atoms with van der Waals surface area (Å²) >= 11 is 0. The van der Waals surface area contributed by atoms with E-state index in [0.717, 1.165) is 11.3 Å². The van der Waals surface area contributed by atoms with E-state index in [1.54, 1.807) is 42.2 Å². The Morgan fingerprint density at radius 2 is 1.90 bits per heavy atom. The molecule has 0 saturated carbocycles. The van der Waals surface area contributed by atoms with E-state index in [-0.39, 0.29) is 18.0 Å². The predicted molar refractivity (Wildman–Crippen MR) is 116 cm³/mol.